The van der Waals surface area contributed by atoms with E-state index in [9.17, 15) is 4.79 Å². The third-order valence-electron chi connectivity index (χ3n) is 3.55. The molecule has 0 atom stereocenters. The van der Waals surface area contributed by atoms with Crippen LogP contribution < -0.4 is 14.9 Å². The summed E-state index contributed by atoms with van der Waals surface area (Å²) < 4.78 is 13.1. The Morgan fingerprint density at radius 3 is 2.48 bits per heavy atom. The molecular weight excluding hydrogens is 361 g/mol. The normalized spacial score (nSPS) is 10.5. The number of hydrogen-bond acceptors (Lipinski definition) is 3. The lowest BCUT2D eigenvalue weighted by atomic mass is 10.3. The monoisotopic (exact) mass is 375 g/mol. The first-order valence-corrected chi connectivity index (χ1v) is 8.29. The molecule has 25 heavy (non-hydrogen) atoms. The molecule has 2 aromatic carbocycles. The van der Waals surface area contributed by atoms with Gasteiger partial charge in [0.15, 0.2) is 5.75 Å². The largest absolute Gasteiger partial charge is 0.487 e. The third-order valence-corrected chi connectivity index (χ3v) is 4.08. The van der Waals surface area contributed by atoms with E-state index in [1.165, 1.54) is 6.07 Å². The molecule has 4 nitrogen and oxygen atoms in total. The lowest BCUT2D eigenvalue weighted by Gasteiger charge is -2.13. The molecule has 0 saturated carbocycles. The van der Waals surface area contributed by atoms with Crippen molar-refractivity contribution in [3.8, 4) is 17.2 Å². The van der Waals surface area contributed by atoms with E-state index in [2.05, 4.69) is 0 Å². The number of rotatable bonds is 5. The number of halogens is 2. The molecule has 1 heterocycles. The smallest absolute Gasteiger partial charge is 0.224 e. The molecule has 0 radical (unpaired) electrons. The molecule has 1 aromatic heterocycles. The van der Waals surface area contributed by atoms with Gasteiger partial charge in [-0.3, -0.25) is 4.79 Å². The molecule has 0 spiro atoms. The lowest BCUT2D eigenvalue weighted by molar-refractivity contribution is 0.295. The number of pyridine rings is 1. The van der Waals surface area contributed by atoms with Gasteiger partial charge in [-0.1, -0.05) is 41.4 Å². The average Bonchev–Trinajstić information content (AvgIpc) is 2.60. The first-order chi connectivity index (χ1) is 12.0. The molecule has 0 aliphatic carbocycles. The van der Waals surface area contributed by atoms with E-state index in [4.69, 9.17) is 32.7 Å². The van der Waals surface area contributed by atoms with E-state index in [1.54, 1.807) is 29.0 Å². The maximum absolute atomic E-state index is 12.3. The molecule has 0 unspecified atom stereocenters. The van der Waals surface area contributed by atoms with E-state index in [1.807, 2.05) is 37.4 Å². The Bertz CT molecular complexity index is 939. The molecule has 0 N–H and O–H groups in total. The summed E-state index contributed by atoms with van der Waals surface area (Å²) in [6.07, 6.45) is 1.61. The second-order valence-corrected chi connectivity index (χ2v) is 6.23. The Labute approximate surface area is 155 Å². The van der Waals surface area contributed by atoms with Crippen LogP contribution in [-0.4, -0.2) is 4.57 Å². The third kappa shape index (κ3) is 4.35. The zero-order valence-corrected chi connectivity index (χ0v) is 14.9. The zero-order valence-electron chi connectivity index (χ0n) is 13.4. The fraction of sp³-hybridized carbons (Fsp3) is 0.105. The van der Waals surface area contributed by atoms with Crippen molar-refractivity contribution >= 4 is 23.2 Å². The van der Waals surface area contributed by atoms with Gasteiger partial charge in [-0.15, -0.1) is 0 Å². The summed E-state index contributed by atoms with van der Waals surface area (Å²) in [5.74, 6) is 1.29. The van der Waals surface area contributed by atoms with Crippen LogP contribution in [0.4, 0.5) is 0 Å². The van der Waals surface area contributed by atoms with Crippen molar-refractivity contribution in [3.63, 3.8) is 0 Å². The average molecular weight is 376 g/mol. The summed E-state index contributed by atoms with van der Waals surface area (Å²) in [5.41, 5.74) is 0.471. The summed E-state index contributed by atoms with van der Waals surface area (Å²) >= 11 is 11.9. The highest BCUT2D eigenvalue weighted by atomic mass is 35.5. The summed E-state index contributed by atoms with van der Waals surface area (Å²) in [4.78, 5) is 12.3. The van der Waals surface area contributed by atoms with Crippen LogP contribution in [0.1, 0.15) is 5.69 Å². The van der Waals surface area contributed by atoms with E-state index >= 15 is 0 Å². The van der Waals surface area contributed by atoms with Gasteiger partial charge in [-0.05, 0) is 30.3 Å². The van der Waals surface area contributed by atoms with Gasteiger partial charge in [0, 0.05) is 18.1 Å². The molecule has 0 bridgehead atoms. The van der Waals surface area contributed by atoms with Crippen LogP contribution in [-0.2, 0) is 13.7 Å². The first kappa shape index (κ1) is 17.4. The molecule has 0 saturated heterocycles. The van der Waals surface area contributed by atoms with Crippen LogP contribution in [0.15, 0.2) is 65.6 Å². The quantitative estimate of drug-likeness (QED) is 0.625. The molecule has 128 valence electrons. The molecule has 0 fully saturated rings. The van der Waals surface area contributed by atoms with Crippen molar-refractivity contribution in [2.45, 2.75) is 6.61 Å². The maximum Gasteiger partial charge on any atom is 0.224 e. The number of para-hydroxylation sites is 1. The van der Waals surface area contributed by atoms with E-state index in [0.29, 0.717) is 15.8 Å². The molecule has 0 aliphatic rings. The van der Waals surface area contributed by atoms with Gasteiger partial charge in [0.2, 0.25) is 5.43 Å². The number of hydrogen-bond donors (Lipinski definition) is 0. The van der Waals surface area contributed by atoms with Crippen molar-refractivity contribution in [3.05, 3.63) is 86.8 Å². The topological polar surface area (TPSA) is 40.5 Å². The van der Waals surface area contributed by atoms with Crippen LogP contribution in [0.25, 0.3) is 0 Å². The zero-order chi connectivity index (χ0) is 17.8. The molecular formula is C19H15Cl2NO3. The number of aryl methyl sites for hydroxylation is 1. The van der Waals surface area contributed by atoms with Crippen LogP contribution in [0.3, 0.4) is 0 Å². The van der Waals surface area contributed by atoms with Crippen molar-refractivity contribution in [1.82, 2.24) is 4.57 Å². The Kier molecular flexibility index (Phi) is 5.31. The van der Waals surface area contributed by atoms with Gasteiger partial charge in [-0.2, -0.15) is 0 Å². The number of benzene rings is 2. The number of aromatic nitrogens is 1. The summed E-state index contributed by atoms with van der Waals surface area (Å²) in [5, 5.41) is 0.838. The Morgan fingerprint density at radius 1 is 1.00 bits per heavy atom. The van der Waals surface area contributed by atoms with Gasteiger partial charge in [0.05, 0.1) is 16.9 Å². The second kappa shape index (κ2) is 7.64. The minimum Gasteiger partial charge on any atom is -0.487 e. The van der Waals surface area contributed by atoms with Gasteiger partial charge >= 0.3 is 0 Å². The fourth-order valence-electron chi connectivity index (χ4n) is 2.22. The Balaban J connectivity index is 1.79. The van der Waals surface area contributed by atoms with Crippen LogP contribution in [0.5, 0.6) is 17.2 Å². The van der Waals surface area contributed by atoms with Crippen molar-refractivity contribution in [1.29, 1.82) is 0 Å². The lowest BCUT2D eigenvalue weighted by Crippen LogP contribution is -2.13. The molecule has 0 amide bonds. The second-order valence-electron chi connectivity index (χ2n) is 5.38. The minimum atomic E-state index is -0.254. The van der Waals surface area contributed by atoms with Crippen LogP contribution in [0, 0.1) is 0 Å². The minimum absolute atomic E-state index is 0.176. The van der Waals surface area contributed by atoms with Crippen molar-refractivity contribution in [2.24, 2.45) is 7.05 Å². The van der Waals surface area contributed by atoms with Crippen LogP contribution in [0.2, 0.25) is 10.0 Å². The van der Waals surface area contributed by atoms with E-state index in [0.717, 1.165) is 11.4 Å². The maximum atomic E-state index is 12.3. The molecule has 3 aromatic rings. The SMILES string of the molecule is Cn1cc(Oc2ccc(Cl)cc2Cl)c(=O)cc1COc1ccccc1. The van der Waals surface area contributed by atoms with Gasteiger partial charge in [0.1, 0.15) is 18.1 Å². The van der Waals surface area contributed by atoms with Crippen LogP contribution >= 0.6 is 23.2 Å². The predicted octanol–water partition coefficient (Wildman–Crippen LogP) is 5.06. The summed E-state index contributed by atoms with van der Waals surface area (Å²) in [6.45, 7) is 0.276. The first-order valence-electron chi connectivity index (χ1n) is 7.53. The number of ether oxygens (including phenoxy) is 2. The molecule has 3 rings (SSSR count). The highest BCUT2D eigenvalue weighted by molar-refractivity contribution is 6.35. The van der Waals surface area contributed by atoms with Crippen molar-refractivity contribution in [2.75, 3.05) is 0 Å². The summed E-state index contributed by atoms with van der Waals surface area (Å²) in [6, 6.07) is 15.7. The highest BCUT2D eigenvalue weighted by Crippen LogP contribution is 2.30. The van der Waals surface area contributed by atoms with Gasteiger partial charge in [0.25, 0.3) is 0 Å². The standard InChI is InChI=1S/C19H15Cl2NO3/c1-22-11-19(25-18-8-7-13(20)9-16(18)21)17(23)10-14(22)12-24-15-5-3-2-4-6-15/h2-11H,12H2,1H3. The van der Waals surface area contributed by atoms with E-state index < -0.39 is 0 Å². The highest BCUT2D eigenvalue weighted by Gasteiger charge is 2.10. The molecule has 0 aliphatic heterocycles. The molecule has 6 heteroatoms. The Morgan fingerprint density at radius 2 is 1.76 bits per heavy atom. The predicted molar refractivity (Wildman–Crippen MR) is 99.0 cm³/mol. The van der Waals surface area contributed by atoms with E-state index in [-0.39, 0.29) is 17.8 Å². The Hall–Kier alpha value is -2.43. The van der Waals surface area contributed by atoms with Crippen molar-refractivity contribution < 1.29 is 9.47 Å². The van der Waals surface area contributed by atoms with Gasteiger partial charge < -0.3 is 14.0 Å². The van der Waals surface area contributed by atoms with Gasteiger partial charge in [-0.25, -0.2) is 0 Å². The fourth-order valence-corrected chi connectivity index (χ4v) is 2.66. The number of nitrogens with zero attached hydrogens (tertiary/aromatic N) is 1. The summed E-state index contributed by atoms with van der Waals surface area (Å²) in [7, 11) is 1.82.